The number of imidazole rings is 1. The van der Waals surface area contributed by atoms with Crippen LogP contribution in [0.3, 0.4) is 0 Å². The van der Waals surface area contributed by atoms with Gasteiger partial charge in [0.05, 0.1) is 0 Å². The van der Waals surface area contributed by atoms with E-state index in [-0.39, 0.29) is 22.8 Å². The molecule has 3 heterocycles. The number of aryl methyl sites for hydroxylation is 1. The molecule has 1 fully saturated rings. The van der Waals surface area contributed by atoms with E-state index in [1.165, 1.54) is 0 Å². The predicted octanol–water partition coefficient (Wildman–Crippen LogP) is 2.25. The smallest absolute Gasteiger partial charge is 0.289 e. The maximum Gasteiger partial charge on any atom is 0.289 e. The highest BCUT2D eigenvalue weighted by Gasteiger charge is 2.32. The molecule has 6 nitrogen and oxygen atoms in total. The number of aliphatic hydroxyl groups excluding tert-OH is 1. The lowest BCUT2D eigenvalue weighted by atomic mass is 9.92. The molecule has 0 spiro atoms. The Hall–Kier alpha value is -1.79. The van der Waals surface area contributed by atoms with Crippen LogP contribution < -0.4 is 0 Å². The Bertz CT molecular complexity index is 667. The Morgan fingerprint density at radius 3 is 3.00 bits per heavy atom. The van der Waals surface area contributed by atoms with E-state index in [9.17, 15) is 9.90 Å². The average Bonchev–Trinajstić information content (AvgIpc) is 3.14. The molecule has 3 rings (SSSR count). The van der Waals surface area contributed by atoms with Gasteiger partial charge in [-0.25, -0.2) is 4.98 Å². The van der Waals surface area contributed by atoms with Crippen LogP contribution in [0.4, 0.5) is 0 Å². The molecule has 7 heteroatoms. The van der Waals surface area contributed by atoms with Crippen molar-refractivity contribution >= 4 is 17.5 Å². The first kappa shape index (κ1) is 15.1. The van der Waals surface area contributed by atoms with Crippen LogP contribution in [0, 0.1) is 5.92 Å². The molecule has 0 saturated carbocycles. The van der Waals surface area contributed by atoms with Crippen molar-refractivity contribution in [3.63, 3.8) is 0 Å². The first-order valence-electron chi connectivity index (χ1n) is 7.26. The van der Waals surface area contributed by atoms with Crippen molar-refractivity contribution in [2.24, 2.45) is 13.0 Å². The second kappa shape index (κ2) is 6.14. The number of carbonyl (C=O) groups excluding carboxylic acids is 1. The molecule has 1 aliphatic heterocycles. The van der Waals surface area contributed by atoms with Crippen LogP contribution in [0.25, 0.3) is 0 Å². The van der Waals surface area contributed by atoms with Crippen LogP contribution >= 0.6 is 11.6 Å². The van der Waals surface area contributed by atoms with Gasteiger partial charge >= 0.3 is 0 Å². The van der Waals surface area contributed by atoms with Gasteiger partial charge in [0.25, 0.3) is 5.91 Å². The monoisotopic (exact) mass is 323 g/mol. The predicted molar refractivity (Wildman–Crippen MR) is 80.5 cm³/mol. The fourth-order valence-electron chi connectivity index (χ4n) is 2.91. The molecule has 0 bridgehead atoms. The Balaban J connectivity index is 1.71. The Kier molecular flexibility index (Phi) is 4.22. The lowest BCUT2D eigenvalue weighted by molar-refractivity contribution is 0.0340. The minimum Gasteiger partial charge on any atom is -0.440 e. The Morgan fingerprint density at radius 1 is 1.55 bits per heavy atom. The first-order chi connectivity index (χ1) is 10.6. The molecule has 2 unspecified atom stereocenters. The highest BCUT2D eigenvalue weighted by molar-refractivity contribution is 6.29. The number of likely N-dealkylation sites (tertiary alicyclic amines) is 1. The zero-order valence-corrected chi connectivity index (χ0v) is 13.0. The highest BCUT2D eigenvalue weighted by atomic mass is 35.5. The standard InChI is InChI=1S/C15H18ClN3O3/c1-18-8-6-17-14(18)13(20)10-3-2-7-19(9-10)15(21)11-4-5-12(16)22-11/h4-6,8,10,13,20H,2-3,7,9H2,1H3. The fraction of sp³-hybridized carbons (Fsp3) is 0.467. The number of nitrogens with zero attached hydrogens (tertiary/aromatic N) is 3. The van der Waals surface area contributed by atoms with Gasteiger partial charge in [-0.05, 0) is 36.6 Å². The molecule has 1 aliphatic rings. The molecule has 1 N–H and O–H groups in total. The summed E-state index contributed by atoms with van der Waals surface area (Å²) in [6.45, 7) is 1.13. The summed E-state index contributed by atoms with van der Waals surface area (Å²) < 4.78 is 6.98. The van der Waals surface area contributed by atoms with Crippen LogP contribution in [0.15, 0.2) is 28.9 Å². The largest absolute Gasteiger partial charge is 0.440 e. The van der Waals surface area contributed by atoms with Gasteiger partial charge in [-0.2, -0.15) is 0 Å². The number of hydrogen-bond donors (Lipinski definition) is 1. The molecule has 0 aromatic carbocycles. The summed E-state index contributed by atoms with van der Waals surface area (Å²) in [7, 11) is 1.85. The second-order valence-corrected chi connectivity index (χ2v) is 5.97. The molecular weight excluding hydrogens is 306 g/mol. The summed E-state index contributed by atoms with van der Waals surface area (Å²) >= 11 is 5.72. The number of piperidine rings is 1. The van der Waals surface area contributed by atoms with Crippen molar-refractivity contribution in [1.82, 2.24) is 14.5 Å². The van der Waals surface area contributed by atoms with Crippen molar-refractivity contribution in [1.29, 1.82) is 0 Å². The maximum atomic E-state index is 12.4. The third-order valence-electron chi connectivity index (χ3n) is 4.10. The van der Waals surface area contributed by atoms with E-state index in [1.807, 2.05) is 7.05 Å². The van der Waals surface area contributed by atoms with Crippen molar-refractivity contribution in [2.75, 3.05) is 13.1 Å². The van der Waals surface area contributed by atoms with Crippen molar-refractivity contribution in [2.45, 2.75) is 18.9 Å². The molecule has 0 radical (unpaired) electrons. The first-order valence-corrected chi connectivity index (χ1v) is 7.64. The number of rotatable bonds is 3. The zero-order valence-electron chi connectivity index (χ0n) is 12.3. The minimum absolute atomic E-state index is 0.0377. The van der Waals surface area contributed by atoms with E-state index >= 15 is 0 Å². The lowest BCUT2D eigenvalue weighted by Crippen LogP contribution is -2.41. The van der Waals surface area contributed by atoms with Gasteiger partial charge in [-0.3, -0.25) is 4.79 Å². The molecular formula is C15H18ClN3O3. The number of hydrogen-bond acceptors (Lipinski definition) is 4. The van der Waals surface area contributed by atoms with E-state index in [0.717, 1.165) is 12.8 Å². The maximum absolute atomic E-state index is 12.4. The summed E-state index contributed by atoms with van der Waals surface area (Å²) in [4.78, 5) is 18.3. The molecule has 0 aliphatic carbocycles. The van der Waals surface area contributed by atoms with Crippen molar-refractivity contribution in [3.8, 4) is 0 Å². The number of carbonyl (C=O) groups is 1. The van der Waals surface area contributed by atoms with Crippen molar-refractivity contribution in [3.05, 3.63) is 41.3 Å². The number of aromatic nitrogens is 2. The van der Waals surface area contributed by atoms with Gasteiger partial charge in [-0.1, -0.05) is 0 Å². The van der Waals surface area contributed by atoms with Gasteiger partial charge in [0, 0.05) is 38.4 Å². The third-order valence-corrected chi connectivity index (χ3v) is 4.30. The highest BCUT2D eigenvalue weighted by Crippen LogP contribution is 2.29. The van der Waals surface area contributed by atoms with E-state index < -0.39 is 6.10 Å². The summed E-state index contributed by atoms with van der Waals surface area (Å²) in [6, 6.07) is 3.13. The third kappa shape index (κ3) is 2.89. The molecule has 1 saturated heterocycles. The lowest BCUT2D eigenvalue weighted by Gasteiger charge is -2.34. The van der Waals surface area contributed by atoms with Crippen LogP contribution in [-0.2, 0) is 7.05 Å². The number of halogens is 1. The van der Waals surface area contributed by atoms with Gasteiger partial charge in [0.15, 0.2) is 11.0 Å². The van der Waals surface area contributed by atoms with Crippen molar-refractivity contribution < 1.29 is 14.3 Å². The average molecular weight is 324 g/mol. The molecule has 1 amide bonds. The number of furan rings is 1. The summed E-state index contributed by atoms with van der Waals surface area (Å²) in [6.07, 6.45) is 4.48. The topological polar surface area (TPSA) is 71.5 Å². The van der Waals surface area contributed by atoms with Crippen LogP contribution in [0.5, 0.6) is 0 Å². The molecule has 118 valence electrons. The number of amides is 1. The molecule has 2 atom stereocenters. The van der Waals surface area contributed by atoms with Crippen LogP contribution in [0.1, 0.15) is 35.3 Å². The van der Waals surface area contributed by atoms with Crippen LogP contribution in [-0.4, -0.2) is 38.6 Å². The summed E-state index contributed by atoms with van der Waals surface area (Å²) in [5.41, 5.74) is 0. The van der Waals surface area contributed by atoms with Crippen LogP contribution in [0.2, 0.25) is 5.22 Å². The summed E-state index contributed by atoms with van der Waals surface area (Å²) in [5.74, 6) is 0.630. The summed E-state index contributed by atoms with van der Waals surface area (Å²) in [5, 5.41) is 10.7. The molecule has 2 aromatic rings. The second-order valence-electron chi connectivity index (χ2n) is 5.60. The normalized spacial score (nSPS) is 20.1. The van der Waals surface area contributed by atoms with E-state index in [0.29, 0.717) is 18.9 Å². The van der Waals surface area contributed by atoms with Gasteiger partial charge in [0.2, 0.25) is 0 Å². The van der Waals surface area contributed by atoms with E-state index in [1.54, 1.807) is 34.0 Å². The van der Waals surface area contributed by atoms with E-state index in [2.05, 4.69) is 4.98 Å². The number of aliphatic hydroxyl groups is 1. The van der Waals surface area contributed by atoms with Gasteiger partial charge in [-0.15, -0.1) is 0 Å². The zero-order chi connectivity index (χ0) is 15.7. The molecule has 2 aromatic heterocycles. The quantitative estimate of drug-likeness (QED) is 0.940. The SMILES string of the molecule is Cn1ccnc1C(O)C1CCCN(C(=O)c2ccc(Cl)o2)C1. The van der Waals surface area contributed by atoms with Gasteiger partial charge in [0.1, 0.15) is 11.9 Å². The minimum atomic E-state index is -0.684. The fourth-order valence-corrected chi connectivity index (χ4v) is 3.06. The molecule has 22 heavy (non-hydrogen) atoms. The van der Waals surface area contributed by atoms with E-state index in [4.69, 9.17) is 16.0 Å². The Morgan fingerprint density at radius 2 is 2.36 bits per heavy atom. The van der Waals surface area contributed by atoms with Gasteiger partial charge < -0.3 is 19.0 Å². The Labute approximate surface area is 133 Å².